The second-order valence-corrected chi connectivity index (χ2v) is 14.9. The van der Waals surface area contributed by atoms with Crippen LogP contribution < -0.4 is 38.3 Å². The fraction of sp³-hybridized carbons (Fsp3) is 0.390. The van der Waals surface area contributed by atoms with Gasteiger partial charge in [0.1, 0.15) is 32.4 Å². The molecule has 0 saturated heterocycles. The first-order valence-corrected chi connectivity index (χ1v) is 19.5. The molecule has 0 unspecified atom stereocenters. The SMILES string of the molecule is CC[C@@]1(O)C(=O)OCc2c1cc1n(c2=O)Cc2c-1nc1cc(F)c(C)c3c1c2[C@@H](NC(=O)COCNC(=O)OCc1ccc(NC(=O)[C@@H](N)CCCNC(N)=O)cc1)CC3. The lowest BCUT2D eigenvalue weighted by atomic mass is 9.81. The number of benzene rings is 2. The predicted octanol–water partition coefficient (Wildman–Crippen LogP) is 2.25. The first kappa shape index (κ1) is 41.7. The third kappa shape index (κ3) is 8.10. The maximum atomic E-state index is 15.2. The molecule has 0 bridgehead atoms. The first-order chi connectivity index (χ1) is 28.7. The fourth-order valence-corrected chi connectivity index (χ4v) is 7.97. The Morgan fingerprint density at radius 2 is 1.88 bits per heavy atom. The number of ether oxygens (including phenoxy) is 3. The number of hydrogen-bond donors (Lipinski definition) is 7. The minimum absolute atomic E-state index is 0.0240. The molecule has 2 aromatic carbocycles. The number of nitrogens with two attached hydrogens (primary N) is 2. The quantitative estimate of drug-likeness (QED) is 0.0483. The van der Waals surface area contributed by atoms with Crippen molar-refractivity contribution in [1.82, 2.24) is 25.5 Å². The largest absolute Gasteiger partial charge is 0.458 e. The summed E-state index contributed by atoms with van der Waals surface area (Å²) in [4.78, 5) is 80.1. The summed E-state index contributed by atoms with van der Waals surface area (Å²) in [7, 11) is 0. The summed E-state index contributed by atoms with van der Waals surface area (Å²) in [6.07, 6.45) is 0.857. The number of esters is 1. The molecule has 18 nitrogen and oxygen atoms in total. The number of amides is 5. The monoisotopic (exact) mass is 828 g/mol. The lowest BCUT2D eigenvalue weighted by Crippen LogP contribution is -2.44. The Morgan fingerprint density at radius 1 is 1.12 bits per heavy atom. The molecule has 60 heavy (non-hydrogen) atoms. The number of nitrogens with one attached hydrogen (secondary N) is 4. The molecule has 316 valence electrons. The molecule has 0 radical (unpaired) electrons. The average molecular weight is 829 g/mol. The van der Waals surface area contributed by atoms with Crippen LogP contribution in [0.15, 0.2) is 41.2 Å². The summed E-state index contributed by atoms with van der Waals surface area (Å²) in [5, 5.41) is 22.6. The van der Waals surface area contributed by atoms with Gasteiger partial charge in [0.25, 0.3) is 5.56 Å². The van der Waals surface area contributed by atoms with Gasteiger partial charge in [0.15, 0.2) is 5.60 Å². The lowest BCUT2D eigenvalue weighted by Gasteiger charge is -2.31. The molecule has 2 aromatic heterocycles. The van der Waals surface area contributed by atoms with Gasteiger partial charge < -0.3 is 51.3 Å². The van der Waals surface area contributed by atoms with Crippen molar-refractivity contribution in [2.24, 2.45) is 11.5 Å². The van der Waals surface area contributed by atoms with Crippen molar-refractivity contribution in [2.75, 3.05) is 25.2 Å². The highest BCUT2D eigenvalue weighted by Crippen LogP contribution is 2.46. The number of aryl methyl sites for hydroxylation is 1. The van der Waals surface area contributed by atoms with Crippen LogP contribution in [0.4, 0.5) is 19.7 Å². The summed E-state index contributed by atoms with van der Waals surface area (Å²) in [5.74, 6) is -2.17. The third-order valence-electron chi connectivity index (χ3n) is 11.2. The van der Waals surface area contributed by atoms with Crippen molar-refractivity contribution in [1.29, 1.82) is 0 Å². The standard InChI is InChI=1S/C41H45FN8O10/c1-3-41(57)26-13-31-35-24(15-50(31)37(53)25(26)17-59-38(41)54)34-29(11-10-23-20(2)27(42)14-30(49-35)33(23)34)48-32(51)18-58-19-46-40(56)60-16-21-6-8-22(9-7-21)47-36(52)28(43)5-4-12-45-39(44)55/h6-9,13-14,28-29,57H,3-5,10-12,15-19,43H2,1-2H3,(H,46,56)(H,47,52)(H,48,51)(H3,44,45,55)/t28-,29-,41-/m0/s1. The summed E-state index contributed by atoms with van der Waals surface area (Å²) in [6.45, 7) is 2.57. The van der Waals surface area contributed by atoms with Crippen LogP contribution in [0.2, 0.25) is 0 Å². The maximum absolute atomic E-state index is 15.2. The smallest absolute Gasteiger partial charge is 0.409 e. The third-order valence-corrected chi connectivity index (χ3v) is 11.2. The van der Waals surface area contributed by atoms with Gasteiger partial charge in [-0.1, -0.05) is 19.1 Å². The van der Waals surface area contributed by atoms with Gasteiger partial charge >= 0.3 is 18.1 Å². The van der Waals surface area contributed by atoms with Gasteiger partial charge in [-0.3, -0.25) is 19.7 Å². The number of urea groups is 1. The lowest BCUT2D eigenvalue weighted by molar-refractivity contribution is -0.172. The number of primary amides is 1. The van der Waals surface area contributed by atoms with E-state index in [9.17, 15) is 33.9 Å². The Labute approximate surface area is 342 Å². The van der Waals surface area contributed by atoms with E-state index in [1.54, 1.807) is 44.2 Å². The second-order valence-electron chi connectivity index (χ2n) is 14.9. The molecule has 0 fully saturated rings. The highest BCUT2D eigenvalue weighted by molar-refractivity contribution is 5.95. The normalized spacial score (nSPS) is 17.8. The molecule has 3 atom stereocenters. The predicted molar refractivity (Wildman–Crippen MR) is 212 cm³/mol. The molecule has 5 amide bonds. The van der Waals surface area contributed by atoms with E-state index in [4.69, 9.17) is 30.7 Å². The van der Waals surface area contributed by atoms with Crippen LogP contribution in [-0.4, -0.2) is 70.5 Å². The summed E-state index contributed by atoms with van der Waals surface area (Å²) in [5.41, 5.74) is 13.6. The Morgan fingerprint density at radius 3 is 2.62 bits per heavy atom. The number of halogens is 1. The zero-order valence-electron chi connectivity index (χ0n) is 32.9. The number of alkyl carbamates (subject to hydrolysis) is 1. The van der Waals surface area contributed by atoms with Gasteiger partial charge in [-0.15, -0.1) is 0 Å². The van der Waals surface area contributed by atoms with E-state index in [1.165, 1.54) is 10.6 Å². The highest BCUT2D eigenvalue weighted by atomic mass is 19.1. The molecule has 1 aliphatic carbocycles. The van der Waals surface area contributed by atoms with E-state index >= 15 is 4.39 Å². The van der Waals surface area contributed by atoms with Crippen LogP contribution in [0, 0.1) is 12.7 Å². The molecular formula is C41H45FN8O10. The number of aromatic nitrogens is 2. The van der Waals surface area contributed by atoms with Crippen LogP contribution in [0.25, 0.3) is 22.3 Å². The molecule has 0 spiro atoms. The van der Waals surface area contributed by atoms with Crippen LogP contribution in [0.5, 0.6) is 0 Å². The molecule has 9 N–H and O–H groups in total. The Hall–Kier alpha value is -6.44. The van der Waals surface area contributed by atoms with E-state index in [2.05, 4.69) is 21.3 Å². The molecule has 7 rings (SSSR count). The van der Waals surface area contributed by atoms with Gasteiger partial charge in [-0.25, -0.2) is 23.8 Å². The maximum Gasteiger partial charge on any atom is 0.409 e. The number of aliphatic hydroxyl groups is 1. The second kappa shape index (κ2) is 17.0. The number of fused-ring (bicyclic) bond motifs is 5. The molecule has 0 saturated carbocycles. The number of nitrogens with zero attached hydrogens (tertiary/aromatic N) is 2. The van der Waals surface area contributed by atoms with Gasteiger partial charge in [0.2, 0.25) is 11.8 Å². The summed E-state index contributed by atoms with van der Waals surface area (Å²) < 4.78 is 32.6. The van der Waals surface area contributed by atoms with E-state index in [-0.39, 0.29) is 44.0 Å². The number of pyridine rings is 2. The average Bonchev–Trinajstić information content (AvgIpc) is 3.60. The zero-order chi connectivity index (χ0) is 42.9. The van der Waals surface area contributed by atoms with Crippen molar-refractivity contribution < 1.29 is 47.7 Å². The van der Waals surface area contributed by atoms with Crippen molar-refractivity contribution >= 4 is 46.5 Å². The minimum Gasteiger partial charge on any atom is -0.458 e. The summed E-state index contributed by atoms with van der Waals surface area (Å²) >= 11 is 0. The van der Waals surface area contributed by atoms with E-state index in [1.807, 2.05) is 0 Å². The van der Waals surface area contributed by atoms with E-state index < -0.39 is 65.6 Å². The molecule has 4 aromatic rings. The minimum atomic E-state index is -2.02. The Bertz CT molecular complexity index is 2470. The molecule has 2 aliphatic heterocycles. The highest BCUT2D eigenvalue weighted by Gasteiger charge is 2.46. The van der Waals surface area contributed by atoms with Gasteiger partial charge in [0.05, 0.1) is 41.1 Å². The van der Waals surface area contributed by atoms with E-state index in [0.717, 1.165) is 5.56 Å². The number of anilines is 1. The van der Waals surface area contributed by atoms with Crippen molar-refractivity contribution in [3.8, 4) is 11.4 Å². The molecule has 4 heterocycles. The van der Waals surface area contributed by atoms with Crippen molar-refractivity contribution in [2.45, 2.75) is 83.4 Å². The van der Waals surface area contributed by atoms with Crippen LogP contribution in [0.3, 0.4) is 0 Å². The van der Waals surface area contributed by atoms with Crippen LogP contribution >= 0.6 is 0 Å². The topological polar surface area (TPSA) is 268 Å². The van der Waals surface area contributed by atoms with Crippen LogP contribution in [0.1, 0.15) is 77.6 Å². The van der Waals surface area contributed by atoms with Gasteiger partial charge in [0, 0.05) is 34.8 Å². The van der Waals surface area contributed by atoms with Crippen molar-refractivity contribution in [3.63, 3.8) is 0 Å². The molecule has 3 aliphatic rings. The van der Waals surface area contributed by atoms with Crippen molar-refractivity contribution in [3.05, 3.63) is 91.5 Å². The number of rotatable bonds is 14. The molecular weight excluding hydrogens is 783 g/mol. The number of carbonyl (C=O) groups excluding carboxylic acids is 5. The van der Waals surface area contributed by atoms with Gasteiger partial charge in [-0.05, 0) is 79.5 Å². The summed E-state index contributed by atoms with van der Waals surface area (Å²) in [6, 6.07) is 7.49. The number of carbonyl (C=O) groups is 5. The van der Waals surface area contributed by atoms with Crippen LogP contribution in [-0.2, 0) is 60.4 Å². The zero-order valence-corrected chi connectivity index (χ0v) is 32.9. The number of cyclic esters (lactones) is 1. The number of hydrogen-bond acceptors (Lipinski definition) is 12. The Kier molecular flexibility index (Phi) is 11.8. The Balaban J connectivity index is 0.957. The first-order valence-electron chi connectivity index (χ1n) is 19.5. The fourth-order valence-electron chi connectivity index (χ4n) is 7.97. The van der Waals surface area contributed by atoms with E-state index in [0.29, 0.717) is 82.5 Å². The molecule has 19 heteroatoms. The van der Waals surface area contributed by atoms with Gasteiger partial charge in [-0.2, -0.15) is 0 Å².